The fourth-order valence-corrected chi connectivity index (χ4v) is 3.76. The zero-order valence-corrected chi connectivity index (χ0v) is 18.3. The standard InChI is InChI=1S/C20H21N2O6PS/c1-13(2)27-16-10-14(19(23)22-20-21-8-9-30-20)11-17(12-16)28-15-4-6-18(7-5-15)29(24,25)26-3/h4-13H,1-3H3,(H,24,25)(H,21,22,23). The zero-order chi connectivity index (χ0) is 21.7. The smallest absolute Gasteiger partial charge is 0.358 e. The van der Waals surface area contributed by atoms with Crippen LogP contribution in [0.25, 0.3) is 0 Å². The summed E-state index contributed by atoms with van der Waals surface area (Å²) in [6.07, 6.45) is 1.51. The highest BCUT2D eigenvalue weighted by Crippen LogP contribution is 2.39. The van der Waals surface area contributed by atoms with Gasteiger partial charge in [0.15, 0.2) is 5.13 Å². The number of aromatic nitrogens is 1. The summed E-state index contributed by atoms with van der Waals surface area (Å²) in [4.78, 5) is 26.4. The first-order chi connectivity index (χ1) is 14.3. The molecule has 0 aliphatic rings. The van der Waals surface area contributed by atoms with E-state index in [9.17, 15) is 14.3 Å². The lowest BCUT2D eigenvalue weighted by molar-refractivity contribution is 0.102. The average molecular weight is 448 g/mol. The van der Waals surface area contributed by atoms with Crippen molar-refractivity contribution in [3.05, 3.63) is 59.6 Å². The summed E-state index contributed by atoms with van der Waals surface area (Å²) in [6.45, 7) is 3.76. The van der Waals surface area contributed by atoms with E-state index in [1.165, 1.54) is 30.6 Å². The maximum absolute atomic E-state index is 12.6. The van der Waals surface area contributed by atoms with Crippen LogP contribution in [-0.2, 0) is 9.09 Å². The molecule has 10 heteroatoms. The van der Waals surface area contributed by atoms with Gasteiger partial charge in [-0.1, -0.05) is 0 Å². The molecule has 8 nitrogen and oxygen atoms in total. The third kappa shape index (κ3) is 5.67. The van der Waals surface area contributed by atoms with Crippen LogP contribution in [0.2, 0.25) is 0 Å². The molecule has 0 spiro atoms. The number of amides is 1. The van der Waals surface area contributed by atoms with Crippen molar-refractivity contribution in [2.45, 2.75) is 20.0 Å². The van der Waals surface area contributed by atoms with Crippen molar-refractivity contribution < 1.29 is 28.3 Å². The highest BCUT2D eigenvalue weighted by atomic mass is 32.1. The van der Waals surface area contributed by atoms with Crippen LogP contribution in [-0.4, -0.2) is 29.0 Å². The zero-order valence-electron chi connectivity index (χ0n) is 16.6. The van der Waals surface area contributed by atoms with Crippen molar-refractivity contribution in [1.29, 1.82) is 0 Å². The first-order valence-electron chi connectivity index (χ1n) is 8.96. The summed E-state index contributed by atoms with van der Waals surface area (Å²) in [7, 11) is -2.66. The SMILES string of the molecule is COP(=O)(O)c1ccc(Oc2cc(OC(C)C)cc(C(=O)Nc3nccs3)c2)cc1. The first-order valence-corrected chi connectivity index (χ1v) is 11.4. The molecule has 1 aromatic heterocycles. The number of carbonyl (C=O) groups is 1. The van der Waals surface area contributed by atoms with E-state index in [1.807, 2.05) is 13.8 Å². The minimum atomic E-state index is -3.83. The van der Waals surface area contributed by atoms with E-state index in [0.717, 1.165) is 0 Å². The van der Waals surface area contributed by atoms with Crippen LogP contribution >= 0.6 is 18.9 Å². The first kappa shape index (κ1) is 22.0. The maximum Gasteiger partial charge on any atom is 0.358 e. The van der Waals surface area contributed by atoms with Crippen LogP contribution in [0.4, 0.5) is 5.13 Å². The molecule has 158 valence electrons. The molecule has 2 N–H and O–H groups in total. The van der Waals surface area contributed by atoms with E-state index < -0.39 is 7.60 Å². The van der Waals surface area contributed by atoms with E-state index in [0.29, 0.717) is 27.9 Å². The van der Waals surface area contributed by atoms with Gasteiger partial charge in [0.2, 0.25) is 0 Å². The Hall–Kier alpha value is -2.71. The number of anilines is 1. The summed E-state index contributed by atoms with van der Waals surface area (Å²) >= 11 is 1.31. The number of carbonyl (C=O) groups excluding carboxylic acids is 1. The van der Waals surface area contributed by atoms with Crippen LogP contribution in [0.5, 0.6) is 17.2 Å². The monoisotopic (exact) mass is 448 g/mol. The Balaban J connectivity index is 1.85. The van der Waals surface area contributed by atoms with Gasteiger partial charge in [-0.25, -0.2) is 4.98 Å². The third-order valence-electron chi connectivity index (χ3n) is 3.81. The highest BCUT2D eigenvalue weighted by molar-refractivity contribution is 7.61. The quantitative estimate of drug-likeness (QED) is 0.491. The molecule has 0 fully saturated rings. The van der Waals surface area contributed by atoms with Gasteiger partial charge in [-0.3, -0.25) is 14.7 Å². The molecule has 30 heavy (non-hydrogen) atoms. The number of nitrogens with one attached hydrogen (secondary N) is 1. The van der Waals surface area contributed by atoms with Crippen molar-refractivity contribution in [3.63, 3.8) is 0 Å². The number of benzene rings is 2. The lowest BCUT2D eigenvalue weighted by Gasteiger charge is -2.14. The van der Waals surface area contributed by atoms with E-state index >= 15 is 0 Å². The van der Waals surface area contributed by atoms with E-state index in [4.69, 9.17) is 9.47 Å². The van der Waals surface area contributed by atoms with Crippen LogP contribution in [0.15, 0.2) is 54.0 Å². The summed E-state index contributed by atoms with van der Waals surface area (Å²) in [5.41, 5.74) is 0.342. The Morgan fingerprint density at radius 3 is 2.43 bits per heavy atom. The number of nitrogens with zero attached hydrogens (tertiary/aromatic N) is 1. The summed E-state index contributed by atoms with van der Waals surface area (Å²) in [5, 5.41) is 5.13. The van der Waals surface area contributed by atoms with Crippen LogP contribution in [0.1, 0.15) is 24.2 Å². The van der Waals surface area contributed by atoms with Gasteiger partial charge in [-0.2, -0.15) is 0 Å². The molecule has 0 saturated carbocycles. The van der Waals surface area contributed by atoms with Crippen molar-refractivity contribution in [2.24, 2.45) is 0 Å². The number of rotatable bonds is 8. The summed E-state index contributed by atoms with van der Waals surface area (Å²) in [6, 6.07) is 10.9. The number of thiazole rings is 1. The summed E-state index contributed by atoms with van der Waals surface area (Å²) in [5.74, 6) is 0.926. The molecule has 0 aliphatic carbocycles. The molecule has 0 aliphatic heterocycles. The second-order valence-electron chi connectivity index (χ2n) is 6.45. The fourth-order valence-electron chi connectivity index (χ4n) is 2.50. The lowest BCUT2D eigenvalue weighted by Crippen LogP contribution is -2.13. The van der Waals surface area contributed by atoms with E-state index in [1.54, 1.807) is 41.9 Å². The molecule has 1 amide bonds. The van der Waals surface area contributed by atoms with Crippen molar-refractivity contribution in [1.82, 2.24) is 4.98 Å². The van der Waals surface area contributed by atoms with Gasteiger partial charge in [0.25, 0.3) is 5.91 Å². The predicted molar refractivity (Wildman–Crippen MR) is 115 cm³/mol. The van der Waals surface area contributed by atoms with Crippen LogP contribution in [0.3, 0.4) is 0 Å². The Morgan fingerprint density at radius 1 is 1.13 bits per heavy atom. The van der Waals surface area contributed by atoms with Crippen LogP contribution < -0.4 is 20.1 Å². The van der Waals surface area contributed by atoms with E-state index in [2.05, 4.69) is 14.8 Å². The third-order valence-corrected chi connectivity index (χ3v) is 5.95. The average Bonchev–Trinajstić information content (AvgIpc) is 3.20. The van der Waals surface area contributed by atoms with Crippen LogP contribution in [0, 0.1) is 0 Å². The molecule has 2 aromatic carbocycles. The van der Waals surface area contributed by atoms with Crippen molar-refractivity contribution in [3.8, 4) is 17.2 Å². The molecular formula is C20H21N2O6PS. The topological polar surface area (TPSA) is 107 Å². The number of ether oxygens (including phenoxy) is 2. The Labute approximate surface area is 178 Å². The van der Waals surface area contributed by atoms with E-state index in [-0.39, 0.29) is 17.3 Å². The minimum absolute atomic E-state index is 0.0952. The highest BCUT2D eigenvalue weighted by Gasteiger charge is 2.20. The molecule has 0 saturated heterocycles. The number of hydrogen-bond acceptors (Lipinski definition) is 7. The van der Waals surface area contributed by atoms with Crippen molar-refractivity contribution >= 4 is 35.3 Å². The molecule has 1 heterocycles. The predicted octanol–water partition coefficient (Wildman–Crippen LogP) is 4.43. The molecule has 3 rings (SSSR count). The maximum atomic E-state index is 12.6. The Kier molecular flexibility index (Phi) is 6.89. The van der Waals surface area contributed by atoms with Gasteiger partial charge >= 0.3 is 7.60 Å². The molecule has 3 aromatic rings. The van der Waals surface area contributed by atoms with Gasteiger partial charge in [-0.15, -0.1) is 11.3 Å². The Bertz CT molecular complexity index is 1050. The van der Waals surface area contributed by atoms with Gasteiger partial charge in [-0.05, 0) is 50.2 Å². The number of hydrogen-bond donors (Lipinski definition) is 2. The van der Waals surface area contributed by atoms with Gasteiger partial charge in [0.05, 0.1) is 11.4 Å². The largest absolute Gasteiger partial charge is 0.491 e. The van der Waals surface area contributed by atoms with Gasteiger partial charge < -0.3 is 18.9 Å². The molecule has 1 unspecified atom stereocenters. The molecular weight excluding hydrogens is 427 g/mol. The molecule has 1 atom stereocenters. The van der Waals surface area contributed by atoms with Gasteiger partial charge in [0, 0.05) is 30.3 Å². The van der Waals surface area contributed by atoms with Crippen molar-refractivity contribution in [2.75, 3.05) is 12.4 Å². The molecule has 0 radical (unpaired) electrons. The normalized spacial score (nSPS) is 13.0. The Morgan fingerprint density at radius 2 is 1.83 bits per heavy atom. The molecule has 0 bridgehead atoms. The fraction of sp³-hybridized carbons (Fsp3) is 0.200. The van der Waals surface area contributed by atoms with Gasteiger partial charge in [0.1, 0.15) is 17.2 Å². The second-order valence-corrected chi connectivity index (χ2v) is 9.27. The minimum Gasteiger partial charge on any atom is -0.491 e. The summed E-state index contributed by atoms with van der Waals surface area (Å²) < 4.78 is 28.1. The second kappa shape index (κ2) is 9.40. The lowest BCUT2D eigenvalue weighted by atomic mass is 10.2.